The first-order chi connectivity index (χ1) is 7.45. The molecule has 0 unspecified atom stereocenters. The molecule has 0 spiro atoms. The highest BCUT2D eigenvalue weighted by Crippen LogP contribution is 2.27. The van der Waals surface area contributed by atoms with Crippen LogP contribution in [0, 0.1) is 0 Å². The zero-order valence-electron chi connectivity index (χ0n) is 8.14. The number of nitrogens with one attached hydrogen (secondary N) is 1. The molecule has 2 aliphatic heterocycles. The second-order valence-electron chi connectivity index (χ2n) is 3.49. The minimum atomic E-state index is 1.05. The van der Waals surface area contributed by atoms with Crippen LogP contribution in [0.4, 0.5) is 0 Å². The van der Waals surface area contributed by atoms with Gasteiger partial charge in [0.25, 0.3) is 0 Å². The quantitative estimate of drug-likeness (QED) is 0.674. The summed E-state index contributed by atoms with van der Waals surface area (Å²) in [5, 5.41) is 3.20. The third-order valence-electron chi connectivity index (χ3n) is 2.56. The van der Waals surface area contributed by atoms with Crippen molar-refractivity contribution in [1.29, 1.82) is 0 Å². The van der Waals surface area contributed by atoms with E-state index in [0.29, 0.717) is 0 Å². The normalized spacial score (nSPS) is 16.8. The van der Waals surface area contributed by atoms with Gasteiger partial charge < -0.3 is 5.32 Å². The van der Waals surface area contributed by atoms with Crippen molar-refractivity contribution in [2.45, 2.75) is 0 Å². The maximum absolute atomic E-state index is 4.27. The summed E-state index contributed by atoms with van der Waals surface area (Å²) < 4.78 is 0. The van der Waals surface area contributed by atoms with Gasteiger partial charge in [-0.2, -0.15) is 0 Å². The summed E-state index contributed by atoms with van der Waals surface area (Å²) in [4.78, 5) is 4.27. The van der Waals surface area contributed by atoms with Crippen LogP contribution in [0.1, 0.15) is 11.1 Å². The molecule has 1 aromatic carbocycles. The fraction of sp³-hybridized carbons (Fsp3) is 0. The standard InChI is InChI=1S/C13H10N2/c1-2-5-11-10(4-1)8-14-9-13-12(11)6-3-7-15-13/h1-9,15H. The van der Waals surface area contributed by atoms with E-state index in [1.807, 2.05) is 30.8 Å². The van der Waals surface area contributed by atoms with E-state index in [1.54, 1.807) is 0 Å². The number of fused-ring (bicyclic) bond motifs is 3. The maximum Gasteiger partial charge on any atom is 0.0645 e. The summed E-state index contributed by atoms with van der Waals surface area (Å²) in [6, 6.07) is 8.28. The Hall–Kier alpha value is -2.09. The van der Waals surface area contributed by atoms with Gasteiger partial charge in [-0.1, -0.05) is 30.3 Å². The first-order valence-electron chi connectivity index (χ1n) is 4.92. The number of hydrogen-bond acceptors (Lipinski definition) is 2. The molecule has 3 rings (SSSR count). The van der Waals surface area contributed by atoms with Crippen molar-refractivity contribution >= 4 is 11.8 Å². The SMILES string of the molecule is C1=CNC2=CN=Cc3ccccc3C2=C1. The van der Waals surface area contributed by atoms with Crippen molar-refractivity contribution in [1.82, 2.24) is 5.32 Å². The Morgan fingerprint density at radius 2 is 2.07 bits per heavy atom. The Labute approximate surface area is 88.4 Å². The molecule has 1 N–H and O–H groups in total. The monoisotopic (exact) mass is 194 g/mol. The molecule has 0 saturated heterocycles. The number of rotatable bonds is 0. The van der Waals surface area contributed by atoms with Gasteiger partial charge in [0.1, 0.15) is 0 Å². The molecule has 0 atom stereocenters. The summed E-state index contributed by atoms with van der Waals surface area (Å²) in [6.07, 6.45) is 9.78. The van der Waals surface area contributed by atoms with Gasteiger partial charge in [-0.05, 0) is 11.6 Å². The van der Waals surface area contributed by atoms with Crippen molar-refractivity contribution in [3.8, 4) is 0 Å². The summed E-state index contributed by atoms with van der Waals surface area (Å²) in [7, 11) is 0. The molecule has 72 valence electrons. The number of dihydropyridines is 1. The Balaban J connectivity index is 2.26. The molecule has 15 heavy (non-hydrogen) atoms. The molecule has 0 saturated carbocycles. The van der Waals surface area contributed by atoms with Gasteiger partial charge in [0.05, 0.1) is 11.9 Å². The van der Waals surface area contributed by atoms with E-state index in [4.69, 9.17) is 0 Å². The van der Waals surface area contributed by atoms with E-state index in [1.165, 1.54) is 11.1 Å². The van der Waals surface area contributed by atoms with Gasteiger partial charge in [-0.25, -0.2) is 0 Å². The van der Waals surface area contributed by atoms with Gasteiger partial charge in [0.2, 0.25) is 0 Å². The second kappa shape index (κ2) is 3.24. The zero-order valence-corrected chi connectivity index (χ0v) is 8.14. The number of hydrogen-bond donors (Lipinski definition) is 1. The largest absolute Gasteiger partial charge is 0.360 e. The molecule has 2 nitrogen and oxygen atoms in total. The Bertz CT molecular complexity index is 519. The van der Waals surface area contributed by atoms with Gasteiger partial charge in [-0.3, -0.25) is 4.99 Å². The third-order valence-corrected chi connectivity index (χ3v) is 2.56. The maximum atomic E-state index is 4.27. The van der Waals surface area contributed by atoms with Crippen LogP contribution >= 0.6 is 0 Å². The van der Waals surface area contributed by atoms with Gasteiger partial charge in [-0.15, -0.1) is 0 Å². The molecular formula is C13H10N2. The van der Waals surface area contributed by atoms with Crippen LogP contribution in [0.5, 0.6) is 0 Å². The first kappa shape index (κ1) is 8.24. The average Bonchev–Trinajstić information content (AvgIpc) is 2.48. The van der Waals surface area contributed by atoms with Gasteiger partial charge in [0.15, 0.2) is 0 Å². The van der Waals surface area contributed by atoms with Crippen molar-refractivity contribution < 1.29 is 0 Å². The van der Waals surface area contributed by atoms with E-state index >= 15 is 0 Å². The molecule has 0 aromatic heterocycles. The predicted octanol–water partition coefficient (Wildman–Crippen LogP) is 2.46. The fourth-order valence-corrected chi connectivity index (χ4v) is 1.84. The van der Waals surface area contributed by atoms with Gasteiger partial charge >= 0.3 is 0 Å². The fourth-order valence-electron chi connectivity index (χ4n) is 1.84. The van der Waals surface area contributed by atoms with Crippen LogP contribution in [-0.4, -0.2) is 6.21 Å². The Kier molecular flexibility index (Phi) is 1.78. The number of aliphatic imine (C=N–C) groups is 1. The minimum Gasteiger partial charge on any atom is -0.360 e. The molecule has 0 fully saturated rings. The smallest absolute Gasteiger partial charge is 0.0645 e. The average molecular weight is 194 g/mol. The molecule has 0 bridgehead atoms. The highest BCUT2D eigenvalue weighted by Gasteiger charge is 2.13. The van der Waals surface area contributed by atoms with E-state index in [-0.39, 0.29) is 0 Å². The molecule has 0 radical (unpaired) electrons. The van der Waals surface area contributed by atoms with Crippen LogP contribution in [0.2, 0.25) is 0 Å². The zero-order chi connectivity index (χ0) is 10.1. The predicted molar refractivity (Wildman–Crippen MR) is 62.4 cm³/mol. The lowest BCUT2D eigenvalue weighted by molar-refractivity contribution is 1.10. The molecular weight excluding hydrogens is 184 g/mol. The molecule has 0 aliphatic carbocycles. The Morgan fingerprint density at radius 3 is 3.07 bits per heavy atom. The van der Waals surface area contributed by atoms with Crippen molar-refractivity contribution in [3.05, 3.63) is 65.6 Å². The number of benzene rings is 1. The molecule has 2 heterocycles. The van der Waals surface area contributed by atoms with Gasteiger partial charge in [0, 0.05) is 23.6 Å². The highest BCUT2D eigenvalue weighted by atomic mass is 14.9. The first-order valence-corrected chi connectivity index (χ1v) is 4.92. The number of allylic oxidation sites excluding steroid dienone is 3. The topological polar surface area (TPSA) is 24.4 Å². The lowest BCUT2D eigenvalue weighted by Crippen LogP contribution is -2.09. The van der Waals surface area contributed by atoms with E-state index in [2.05, 4.69) is 34.6 Å². The highest BCUT2D eigenvalue weighted by molar-refractivity contribution is 5.94. The summed E-state index contributed by atoms with van der Waals surface area (Å²) >= 11 is 0. The van der Waals surface area contributed by atoms with Crippen molar-refractivity contribution in [2.24, 2.45) is 4.99 Å². The molecule has 1 aromatic rings. The van der Waals surface area contributed by atoms with Crippen LogP contribution < -0.4 is 5.32 Å². The number of nitrogens with zero attached hydrogens (tertiary/aromatic N) is 1. The lowest BCUT2D eigenvalue weighted by atomic mass is 9.97. The third kappa shape index (κ3) is 1.31. The van der Waals surface area contributed by atoms with Crippen LogP contribution in [0.15, 0.2) is 59.5 Å². The molecule has 2 aliphatic rings. The van der Waals surface area contributed by atoms with Crippen molar-refractivity contribution in [3.63, 3.8) is 0 Å². The van der Waals surface area contributed by atoms with E-state index in [9.17, 15) is 0 Å². The summed E-state index contributed by atoms with van der Waals surface area (Å²) in [6.45, 7) is 0. The summed E-state index contributed by atoms with van der Waals surface area (Å²) in [5.74, 6) is 0. The Morgan fingerprint density at radius 1 is 1.13 bits per heavy atom. The minimum absolute atomic E-state index is 1.05. The van der Waals surface area contributed by atoms with Crippen LogP contribution in [0.25, 0.3) is 5.57 Å². The van der Waals surface area contributed by atoms with Crippen molar-refractivity contribution in [2.75, 3.05) is 0 Å². The second-order valence-corrected chi connectivity index (χ2v) is 3.49. The molecule has 0 amide bonds. The van der Waals surface area contributed by atoms with Crippen LogP contribution in [0.3, 0.4) is 0 Å². The lowest BCUT2D eigenvalue weighted by Gasteiger charge is -2.14. The van der Waals surface area contributed by atoms with E-state index in [0.717, 1.165) is 11.3 Å². The molecule has 2 heteroatoms. The van der Waals surface area contributed by atoms with Crippen LogP contribution in [-0.2, 0) is 0 Å². The summed E-state index contributed by atoms with van der Waals surface area (Å²) in [5.41, 5.74) is 4.64. The van der Waals surface area contributed by atoms with E-state index < -0.39 is 0 Å².